The van der Waals surface area contributed by atoms with Crippen molar-refractivity contribution in [3.05, 3.63) is 52.8 Å². The Morgan fingerprint density at radius 3 is 2.59 bits per heavy atom. The van der Waals surface area contributed by atoms with Gasteiger partial charge in [0.15, 0.2) is 5.84 Å². The van der Waals surface area contributed by atoms with Crippen molar-refractivity contribution in [1.29, 1.82) is 0 Å². The maximum absolute atomic E-state index is 13.1. The number of benzene rings is 1. The predicted octanol–water partition coefficient (Wildman–Crippen LogP) is 1.76. The van der Waals surface area contributed by atoms with Crippen LogP contribution in [0.1, 0.15) is 23.8 Å². The molecule has 1 aliphatic heterocycles. The highest BCUT2D eigenvalue weighted by atomic mass is 35.5. The van der Waals surface area contributed by atoms with Crippen LogP contribution in [-0.2, 0) is 19.5 Å². The zero-order valence-corrected chi connectivity index (χ0v) is 16.4. The zero-order chi connectivity index (χ0) is 19.8. The molecule has 2 heterocycles. The van der Waals surface area contributed by atoms with E-state index in [2.05, 4.69) is 5.10 Å². The van der Waals surface area contributed by atoms with Gasteiger partial charge in [-0.1, -0.05) is 29.3 Å². The minimum absolute atomic E-state index is 0.0694. The van der Waals surface area contributed by atoms with Gasteiger partial charge in [0, 0.05) is 19.7 Å². The van der Waals surface area contributed by atoms with Gasteiger partial charge in [0.25, 0.3) is 10.0 Å². The van der Waals surface area contributed by atoms with Crippen LogP contribution in [0.5, 0.6) is 0 Å². The first kappa shape index (κ1) is 19.7. The van der Waals surface area contributed by atoms with Crippen molar-refractivity contribution in [2.24, 2.45) is 16.7 Å². The first-order chi connectivity index (χ1) is 12.8. The number of rotatable bonds is 5. The van der Waals surface area contributed by atoms with Gasteiger partial charge in [-0.2, -0.15) is 5.10 Å². The van der Waals surface area contributed by atoms with Gasteiger partial charge in [-0.05, 0) is 25.1 Å². The lowest BCUT2D eigenvalue weighted by atomic mass is 10.1. The number of nitrogens with two attached hydrogens (primary N) is 2. The van der Waals surface area contributed by atoms with E-state index in [-0.39, 0.29) is 15.8 Å². The Hall–Kier alpha value is -2.07. The monoisotopic (exact) mass is 412 g/mol. The van der Waals surface area contributed by atoms with Crippen molar-refractivity contribution in [2.75, 3.05) is 7.11 Å². The van der Waals surface area contributed by atoms with Gasteiger partial charge in [0.05, 0.1) is 21.7 Å². The second kappa shape index (κ2) is 7.51. The number of hydrazone groups is 1. The first-order valence-electron chi connectivity index (χ1n) is 8.20. The van der Waals surface area contributed by atoms with Crippen LogP contribution >= 0.6 is 11.6 Å². The molecule has 0 spiro atoms. The van der Waals surface area contributed by atoms with Crippen LogP contribution in [0.4, 0.5) is 0 Å². The summed E-state index contributed by atoms with van der Waals surface area (Å²) >= 11 is 6.30. The molecule has 4 N–H and O–H groups in total. The maximum atomic E-state index is 13.1. The number of hydrogen-bond acceptors (Lipinski definition) is 6. The topological polar surface area (TPSA) is 122 Å². The standard InChI is InChI=1S/C17H21ClN4O4S/c1-10-3-5-11(6-4-10)27(23,24)22-8-7-12(18)15(22)13-9-14(25-2)16(26-13)17(19)21-20/h3-8,13-14,16H,9,20H2,1-2H3,(H2,19,21). The minimum Gasteiger partial charge on any atom is -0.383 e. The lowest BCUT2D eigenvalue weighted by Crippen LogP contribution is -2.38. The number of methoxy groups -OCH3 is 1. The van der Waals surface area contributed by atoms with Gasteiger partial charge < -0.3 is 21.1 Å². The molecule has 1 aromatic heterocycles. The molecule has 8 nitrogen and oxygen atoms in total. The molecule has 0 aliphatic carbocycles. The van der Waals surface area contributed by atoms with Gasteiger partial charge in [-0.3, -0.25) is 0 Å². The zero-order valence-electron chi connectivity index (χ0n) is 14.9. The van der Waals surface area contributed by atoms with E-state index in [0.717, 1.165) is 9.54 Å². The van der Waals surface area contributed by atoms with Crippen LogP contribution in [0.15, 0.2) is 46.5 Å². The molecule has 1 fully saturated rings. The van der Waals surface area contributed by atoms with Gasteiger partial charge in [-0.15, -0.1) is 0 Å². The van der Waals surface area contributed by atoms with Crippen LogP contribution < -0.4 is 11.6 Å². The Balaban J connectivity index is 2.02. The van der Waals surface area contributed by atoms with E-state index in [0.29, 0.717) is 12.1 Å². The Kier molecular flexibility index (Phi) is 5.48. The van der Waals surface area contributed by atoms with Crippen molar-refractivity contribution in [3.8, 4) is 0 Å². The van der Waals surface area contributed by atoms with E-state index in [4.69, 9.17) is 32.7 Å². The molecule has 2 aromatic rings. The number of halogens is 1. The molecule has 1 aliphatic rings. The van der Waals surface area contributed by atoms with Crippen molar-refractivity contribution < 1.29 is 17.9 Å². The average Bonchev–Trinajstić information content (AvgIpc) is 3.24. The Morgan fingerprint density at radius 1 is 1.33 bits per heavy atom. The second-order valence-electron chi connectivity index (χ2n) is 6.27. The quantitative estimate of drug-likeness (QED) is 0.334. The van der Waals surface area contributed by atoms with E-state index in [1.165, 1.54) is 19.4 Å². The molecule has 27 heavy (non-hydrogen) atoms. The molecule has 146 valence electrons. The molecule has 3 unspecified atom stereocenters. The average molecular weight is 413 g/mol. The normalized spacial score (nSPS) is 23.7. The number of hydrogen-bond donors (Lipinski definition) is 2. The van der Waals surface area contributed by atoms with Gasteiger partial charge in [0.2, 0.25) is 0 Å². The molecule has 0 saturated carbocycles. The SMILES string of the molecule is COC1CC(c2c(Cl)ccn2S(=O)(=O)c2ccc(C)cc2)OC1C(N)=NN. The Labute approximate surface area is 162 Å². The lowest BCUT2D eigenvalue weighted by molar-refractivity contribution is 0.0309. The second-order valence-corrected chi connectivity index (χ2v) is 8.49. The molecular formula is C17H21ClN4O4S. The van der Waals surface area contributed by atoms with Crippen LogP contribution in [0.3, 0.4) is 0 Å². The molecule has 3 atom stereocenters. The third-order valence-corrected chi connectivity index (χ3v) is 6.58. The van der Waals surface area contributed by atoms with Gasteiger partial charge in [0.1, 0.15) is 12.2 Å². The summed E-state index contributed by atoms with van der Waals surface area (Å²) in [5.41, 5.74) is 7.06. The summed E-state index contributed by atoms with van der Waals surface area (Å²) in [6.45, 7) is 1.88. The van der Waals surface area contributed by atoms with Crippen molar-refractivity contribution in [2.45, 2.75) is 36.6 Å². The van der Waals surface area contributed by atoms with E-state index >= 15 is 0 Å². The van der Waals surface area contributed by atoms with Crippen LogP contribution in [0.25, 0.3) is 0 Å². The summed E-state index contributed by atoms with van der Waals surface area (Å²) in [7, 11) is -2.33. The molecule has 0 amide bonds. The summed E-state index contributed by atoms with van der Waals surface area (Å²) in [6, 6.07) is 8.09. The number of aromatic nitrogens is 1. The largest absolute Gasteiger partial charge is 0.383 e. The fourth-order valence-electron chi connectivity index (χ4n) is 3.12. The summed E-state index contributed by atoms with van der Waals surface area (Å²) in [5.74, 6) is 5.32. The first-order valence-corrected chi connectivity index (χ1v) is 10.0. The van der Waals surface area contributed by atoms with E-state index in [1.54, 1.807) is 24.3 Å². The summed E-state index contributed by atoms with van der Waals surface area (Å²) < 4.78 is 38.6. The fraction of sp³-hybridized carbons (Fsp3) is 0.353. The number of ether oxygens (including phenoxy) is 2. The van der Waals surface area contributed by atoms with Crippen molar-refractivity contribution in [3.63, 3.8) is 0 Å². The third-order valence-electron chi connectivity index (χ3n) is 4.56. The molecule has 0 bridgehead atoms. The number of amidine groups is 1. The molecule has 10 heteroatoms. The van der Waals surface area contributed by atoms with Crippen LogP contribution in [0, 0.1) is 6.92 Å². The lowest BCUT2D eigenvalue weighted by Gasteiger charge is -2.17. The van der Waals surface area contributed by atoms with E-state index < -0.39 is 28.3 Å². The van der Waals surface area contributed by atoms with E-state index in [9.17, 15) is 8.42 Å². The summed E-state index contributed by atoms with van der Waals surface area (Å²) in [5, 5.41) is 3.74. The number of aryl methyl sites for hydroxylation is 1. The van der Waals surface area contributed by atoms with Gasteiger partial charge in [-0.25, -0.2) is 12.4 Å². The molecule has 3 rings (SSSR count). The van der Waals surface area contributed by atoms with Crippen LogP contribution in [0.2, 0.25) is 5.02 Å². The molecule has 1 saturated heterocycles. The van der Waals surface area contributed by atoms with Crippen molar-refractivity contribution >= 4 is 27.5 Å². The Bertz CT molecular complexity index is 956. The third kappa shape index (κ3) is 3.55. The number of nitrogens with zero attached hydrogens (tertiary/aromatic N) is 2. The van der Waals surface area contributed by atoms with Gasteiger partial charge >= 0.3 is 0 Å². The van der Waals surface area contributed by atoms with Crippen molar-refractivity contribution in [1.82, 2.24) is 3.97 Å². The highest BCUT2D eigenvalue weighted by Crippen LogP contribution is 2.39. The predicted molar refractivity (Wildman–Crippen MR) is 102 cm³/mol. The molecule has 1 aromatic carbocycles. The van der Waals surface area contributed by atoms with E-state index in [1.807, 2.05) is 6.92 Å². The summed E-state index contributed by atoms with van der Waals surface area (Å²) in [6.07, 6.45) is -0.00531. The minimum atomic E-state index is -3.85. The fourth-order valence-corrected chi connectivity index (χ4v) is 4.84. The molecular weight excluding hydrogens is 392 g/mol. The molecule has 0 radical (unpaired) electrons. The summed E-state index contributed by atoms with van der Waals surface area (Å²) in [4.78, 5) is 0.155. The van der Waals surface area contributed by atoms with Crippen LogP contribution in [-0.4, -0.2) is 37.5 Å². The highest BCUT2D eigenvalue weighted by Gasteiger charge is 2.41. The maximum Gasteiger partial charge on any atom is 0.267 e. The Morgan fingerprint density at radius 2 is 2.00 bits per heavy atom. The smallest absolute Gasteiger partial charge is 0.267 e. The highest BCUT2D eigenvalue weighted by molar-refractivity contribution is 7.90.